The standard InChI is InChI=1S/C22H31NO3/c1-2-20-10-17-11-21(13-20,15-22(26,12-17)14-20)19(25)23-9-3-4-16-5-7-18(24)8-6-16/h5-8,17,24,26H,2-4,9-15H2,1H3,(H,23,25)/t17-,20-,21+,22+/m0/s1. The van der Waals surface area contributed by atoms with Gasteiger partial charge in [0.2, 0.25) is 5.91 Å². The van der Waals surface area contributed by atoms with Gasteiger partial charge in [0.15, 0.2) is 0 Å². The van der Waals surface area contributed by atoms with Gasteiger partial charge in [-0.1, -0.05) is 25.5 Å². The van der Waals surface area contributed by atoms with Gasteiger partial charge in [-0.3, -0.25) is 4.79 Å². The molecule has 4 heteroatoms. The second-order valence-corrected chi connectivity index (χ2v) is 9.39. The first-order valence-electron chi connectivity index (χ1n) is 10.1. The highest BCUT2D eigenvalue weighted by Gasteiger charge is 2.64. The second-order valence-electron chi connectivity index (χ2n) is 9.39. The number of rotatable bonds is 6. The van der Waals surface area contributed by atoms with E-state index in [1.54, 1.807) is 12.1 Å². The molecule has 1 aromatic rings. The number of carbonyl (C=O) groups excluding carboxylic acids is 1. The Morgan fingerprint density at radius 2 is 1.92 bits per heavy atom. The molecule has 0 spiro atoms. The van der Waals surface area contributed by atoms with Crippen LogP contribution in [-0.2, 0) is 11.2 Å². The number of amides is 1. The molecule has 4 nitrogen and oxygen atoms in total. The molecule has 142 valence electrons. The van der Waals surface area contributed by atoms with Gasteiger partial charge >= 0.3 is 0 Å². The Balaban J connectivity index is 1.36. The molecular weight excluding hydrogens is 326 g/mol. The molecule has 4 aliphatic carbocycles. The molecule has 3 N–H and O–H groups in total. The summed E-state index contributed by atoms with van der Waals surface area (Å²) in [7, 11) is 0. The van der Waals surface area contributed by atoms with Crippen molar-refractivity contribution in [3.05, 3.63) is 29.8 Å². The van der Waals surface area contributed by atoms with Crippen molar-refractivity contribution in [3.8, 4) is 5.75 Å². The molecule has 26 heavy (non-hydrogen) atoms. The van der Waals surface area contributed by atoms with Gasteiger partial charge in [-0.05, 0) is 80.4 Å². The number of aliphatic hydroxyl groups is 1. The summed E-state index contributed by atoms with van der Waals surface area (Å²) in [6.07, 6.45) is 8.40. The Morgan fingerprint density at radius 1 is 1.15 bits per heavy atom. The van der Waals surface area contributed by atoms with Crippen LogP contribution in [-0.4, -0.2) is 28.3 Å². The summed E-state index contributed by atoms with van der Waals surface area (Å²) in [5.41, 5.74) is 0.394. The molecule has 4 bridgehead atoms. The summed E-state index contributed by atoms with van der Waals surface area (Å²) in [6.45, 7) is 2.89. The van der Waals surface area contributed by atoms with E-state index in [0.29, 0.717) is 18.9 Å². The van der Waals surface area contributed by atoms with Crippen LogP contribution in [0.15, 0.2) is 24.3 Å². The van der Waals surface area contributed by atoms with Crippen molar-refractivity contribution in [1.82, 2.24) is 5.32 Å². The Morgan fingerprint density at radius 3 is 2.62 bits per heavy atom. The monoisotopic (exact) mass is 357 g/mol. The molecule has 4 aliphatic rings. The van der Waals surface area contributed by atoms with Gasteiger partial charge in [0, 0.05) is 6.54 Å². The molecule has 1 aromatic carbocycles. The lowest BCUT2D eigenvalue weighted by atomic mass is 9.42. The Kier molecular flexibility index (Phi) is 4.30. The van der Waals surface area contributed by atoms with E-state index in [-0.39, 0.29) is 22.5 Å². The minimum atomic E-state index is -0.612. The maximum Gasteiger partial charge on any atom is 0.226 e. The highest BCUT2D eigenvalue weighted by Crippen LogP contribution is 2.67. The van der Waals surface area contributed by atoms with Gasteiger partial charge in [-0.2, -0.15) is 0 Å². The minimum Gasteiger partial charge on any atom is -0.508 e. The lowest BCUT2D eigenvalue weighted by Gasteiger charge is -2.64. The van der Waals surface area contributed by atoms with Crippen LogP contribution in [0.25, 0.3) is 0 Å². The maximum absolute atomic E-state index is 13.1. The number of hydrogen-bond donors (Lipinski definition) is 3. The zero-order valence-electron chi connectivity index (χ0n) is 15.8. The average molecular weight is 357 g/mol. The lowest BCUT2D eigenvalue weighted by molar-refractivity contribution is -0.204. The number of aryl methyl sites for hydroxylation is 1. The molecule has 0 radical (unpaired) electrons. The van der Waals surface area contributed by atoms with E-state index in [0.717, 1.165) is 44.9 Å². The molecule has 1 amide bonds. The Hall–Kier alpha value is -1.55. The first-order valence-corrected chi connectivity index (χ1v) is 10.1. The van der Waals surface area contributed by atoms with Crippen LogP contribution in [0.4, 0.5) is 0 Å². The van der Waals surface area contributed by atoms with Gasteiger partial charge < -0.3 is 15.5 Å². The number of carbonyl (C=O) groups is 1. The van der Waals surface area contributed by atoms with Crippen LogP contribution in [0.3, 0.4) is 0 Å². The van der Waals surface area contributed by atoms with Gasteiger partial charge in [0.05, 0.1) is 11.0 Å². The van der Waals surface area contributed by atoms with Crippen molar-refractivity contribution in [2.45, 2.75) is 70.3 Å². The average Bonchev–Trinajstić information content (AvgIpc) is 2.58. The predicted molar refractivity (Wildman–Crippen MR) is 101 cm³/mol. The summed E-state index contributed by atoms with van der Waals surface area (Å²) in [5.74, 6) is 0.967. The van der Waals surface area contributed by atoms with Crippen LogP contribution >= 0.6 is 0 Å². The fourth-order valence-corrected chi connectivity index (χ4v) is 6.58. The van der Waals surface area contributed by atoms with Crippen molar-refractivity contribution >= 4 is 5.91 Å². The zero-order chi connectivity index (χ0) is 18.4. The van der Waals surface area contributed by atoms with Crippen LogP contribution in [0.2, 0.25) is 0 Å². The SMILES string of the molecule is CC[C@@]12C[C@@H]3C[C@@](O)(C1)C[C@@](C(=O)NCCCc1ccc(O)cc1)(C3)C2. The lowest BCUT2D eigenvalue weighted by Crippen LogP contribution is -2.63. The summed E-state index contributed by atoms with van der Waals surface area (Å²) in [4.78, 5) is 13.1. The third-order valence-corrected chi connectivity index (χ3v) is 7.25. The molecular formula is C22H31NO3. The molecule has 4 atom stereocenters. The molecule has 4 fully saturated rings. The van der Waals surface area contributed by atoms with E-state index in [1.165, 1.54) is 12.0 Å². The second kappa shape index (κ2) is 6.26. The van der Waals surface area contributed by atoms with Gasteiger partial charge in [-0.25, -0.2) is 0 Å². The highest BCUT2D eigenvalue weighted by molar-refractivity contribution is 5.83. The number of aromatic hydroxyl groups is 1. The van der Waals surface area contributed by atoms with E-state index < -0.39 is 5.60 Å². The molecule has 5 rings (SSSR count). The topological polar surface area (TPSA) is 69.6 Å². The number of benzene rings is 1. The third-order valence-electron chi connectivity index (χ3n) is 7.25. The van der Waals surface area contributed by atoms with Crippen LogP contribution in [0.5, 0.6) is 5.75 Å². The van der Waals surface area contributed by atoms with E-state index in [9.17, 15) is 15.0 Å². The molecule has 0 aliphatic heterocycles. The fraction of sp³-hybridized carbons (Fsp3) is 0.682. The van der Waals surface area contributed by atoms with Crippen LogP contribution in [0, 0.1) is 16.7 Å². The van der Waals surface area contributed by atoms with E-state index in [2.05, 4.69) is 12.2 Å². The number of phenolic OH excluding ortho intramolecular Hbond substituents is 1. The van der Waals surface area contributed by atoms with Gasteiger partial charge in [0.1, 0.15) is 5.75 Å². The van der Waals surface area contributed by atoms with E-state index >= 15 is 0 Å². The minimum absolute atomic E-state index is 0.170. The Bertz CT molecular complexity index is 687. The van der Waals surface area contributed by atoms with E-state index in [4.69, 9.17) is 0 Å². The number of nitrogens with one attached hydrogen (secondary N) is 1. The highest BCUT2D eigenvalue weighted by atomic mass is 16.3. The van der Waals surface area contributed by atoms with Crippen molar-refractivity contribution in [3.63, 3.8) is 0 Å². The Labute approximate surface area is 156 Å². The third kappa shape index (κ3) is 3.13. The van der Waals surface area contributed by atoms with Crippen LogP contribution in [0.1, 0.15) is 63.9 Å². The number of phenols is 1. The van der Waals surface area contributed by atoms with Crippen molar-refractivity contribution in [2.75, 3.05) is 6.54 Å². The summed E-state index contributed by atoms with van der Waals surface area (Å²) in [5, 5.41) is 23.6. The summed E-state index contributed by atoms with van der Waals surface area (Å²) < 4.78 is 0. The fourth-order valence-electron chi connectivity index (χ4n) is 6.58. The first kappa shape index (κ1) is 17.8. The van der Waals surface area contributed by atoms with Crippen molar-refractivity contribution in [2.24, 2.45) is 16.7 Å². The zero-order valence-corrected chi connectivity index (χ0v) is 15.8. The quantitative estimate of drug-likeness (QED) is 0.682. The van der Waals surface area contributed by atoms with Crippen molar-refractivity contribution < 1.29 is 15.0 Å². The largest absolute Gasteiger partial charge is 0.508 e. The predicted octanol–water partition coefficient (Wildman–Crippen LogP) is 3.55. The molecule has 4 saturated carbocycles. The summed E-state index contributed by atoms with van der Waals surface area (Å²) in [6, 6.07) is 7.26. The molecule has 0 unspecified atom stereocenters. The maximum atomic E-state index is 13.1. The normalized spacial score (nSPS) is 37.7. The molecule has 0 aromatic heterocycles. The van der Waals surface area contributed by atoms with Gasteiger partial charge in [0.25, 0.3) is 0 Å². The van der Waals surface area contributed by atoms with Crippen molar-refractivity contribution in [1.29, 1.82) is 0 Å². The van der Waals surface area contributed by atoms with Gasteiger partial charge in [-0.15, -0.1) is 0 Å². The number of hydrogen-bond acceptors (Lipinski definition) is 3. The van der Waals surface area contributed by atoms with E-state index in [1.807, 2.05) is 12.1 Å². The first-order chi connectivity index (χ1) is 12.4. The smallest absolute Gasteiger partial charge is 0.226 e. The summed E-state index contributed by atoms with van der Waals surface area (Å²) >= 11 is 0. The molecule has 0 heterocycles. The van der Waals surface area contributed by atoms with Crippen LogP contribution < -0.4 is 5.32 Å². The molecule has 0 saturated heterocycles.